The third kappa shape index (κ3) is 8.69. The minimum absolute atomic E-state index is 0.0344. The van der Waals surface area contributed by atoms with Crippen molar-refractivity contribution >= 4 is 17.7 Å². The molecule has 0 aromatic rings. The van der Waals surface area contributed by atoms with E-state index in [1.165, 1.54) is 7.11 Å². The molecule has 0 spiro atoms. The van der Waals surface area contributed by atoms with Gasteiger partial charge in [-0.1, -0.05) is 0 Å². The predicted octanol–water partition coefficient (Wildman–Crippen LogP) is -1.08. The van der Waals surface area contributed by atoms with Gasteiger partial charge < -0.3 is 20.4 Å². The lowest BCUT2D eigenvalue weighted by Crippen LogP contribution is -2.73. The fraction of sp³-hybridized carbons (Fsp3) is 0.750. The van der Waals surface area contributed by atoms with Crippen LogP contribution in [0.2, 0.25) is 0 Å². The minimum Gasteiger partial charge on any atom is -0.550 e. The molecule has 6 nitrogen and oxygen atoms in total. The molecule has 0 aromatic carbocycles. The van der Waals surface area contributed by atoms with Crippen LogP contribution in [0.25, 0.3) is 0 Å². The molecule has 0 aromatic heterocycles. The van der Waals surface area contributed by atoms with E-state index in [0.717, 1.165) is 6.92 Å². The van der Waals surface area contributed by atoms with Crippen LogP contribution in [-0.4, -0.2) is 30.4 Å². The Morgan fingerprint density at radius 1 is 1.17 bits per heavy atom. The number of carbonyl (C=O) groups is 3. The molecule has 0 aliphatic heterocycles. The Morgan fingerprint density at radius 2 is 1.50 bits per heavy atom. The molecule has 106 valence electrons. The van der Waals surface area contributed by atoms with Crippen molar-refractivity contribution in [3.8, 4) is 0 Å². The van der Waals surface area contributed by atoms with E-state index < -0.39 is 16.9 Å². The number of carboxylic acid groups (broad SMARTS) is 1. The van der Waals surface area contributed by atoms with Crippen LogP contribution in [0.3, 0.4) is 0 Å². The maximum absolute atomic E-state index is 11.6. The molecule has 3 N–H and O–H groups in total. The van der Waals surface area contributed by atoms with E-state index in [-0.39, 0.29) is 18.2 Å². The van der Waals surface area contributed by atoms with Gasteiger partial charge in [-0.25, -0.2) is 0 Å². The van der Waals surface area contributed by atoms with Crippen molar-refractivity contribution < 1.29 is 30.0 Å². The lowest BCUT2D eigenvalue weighted by molar-refractivity contribution is -0.445. The van der Waals surface area contributed by atoms with Gasteiger partial charge in [0.25, 0.3) is 0 Å². The van der Waals surface area contributed by atoms with Crippen LogP contribution in [-0.2, 0) is 19.1 Å². The smallest absolute Gasteiger partial charge is 0.311 e. The first-order valence-corrected chi connectivity index (χ1v) is 5.49. The number of ketones is 1. The van der Waals surface area contributed by atoms with E-state index in [2.05, 4.69) is 10.5 Å². The van der Waals surface area contributed by atoms with Crippen LogP contribution in [0.15, 0.2) is 0 Å². The molecule has 6 heteroatoms. The molecule has 0 radical (unpaired) electrons. The zero-order valence-electron chi connectivity index (χ0n) is 12.0. The summed E-state index contributed by atoms with van der Waals surface area (Å²) in [7, 11) is 1.32. The fourth-order valence-electron chi connectivity index (χ4n) is 0.989. The number of quaternary nitrogens is 1. The standard InChI is InChI=1S/C10H19NO3.C2H4O2/c1-9(2,8(13)14-5)6-7(12)10(3,4)11;1-2(3)4/h6,11H2,1-5H3;1H3,(H,3,4). The predicted molar refractivity (Wildman–Crippen MR) is 63.1 cm³/mol. The van der Waals surface area contributed by atoms with E-state index in [4.69, 9.17) is 9.90 Å². The number of esters is 1. The van der Waals surface area contributed by atoms with Gasteiger partial charge in [-0.15, -0.1) is 0 Å². The maximum Gasteiger partial charge on any atom is 0.311 e. The molecule has 0 atom stereocenters. The molecule has 0 bridgehead atoms. The highest BCUT2D eigenvalue weighted by molar-refractivity contribution is 5.90. The zero-order valence-corrected chi connectivity index (χ0v) is 12.0. The van der Waals surface area contributed by atoms with E-state index in [0.29, 0.717) is 0 Å². The molecule has 0 fully saturated rings. The number of carboxylic acids is 1. The van der Waals surface area contributed by atoms with Crippen molar-refractivity contribution in [3.05, 3.63) is 0 Å². The summed E-state index contributed by atoms with van der Waals surface area (Å²) in [5.41, 5.74) is 2.33. The molecule has 0 aliphatic rings. The molecular formula is C12H23NO5. The highest BCUT2D eigenvalue weighted by Gasteiger charge is 2.37. The second kappa shape index (κ2) is 7.10. The number of hydrogen-bond acceptors (Lipinski definition) is 5. The van der Waals surface area contributed by atoms with Crippen molar-refractivity contribution in [1.82, 2.24) is 0 Å². The van der Waals surface area contributed by atoms with Crippen LogP contribution in [0.5, 0.6) is 0 Å². The van der Waals surface area contributed by atoms with E-state index in [1.54, 1.807) is 27.7 Å². The Kier molecular flexibility index (Phi) is 7.47. The third-order valence-electron chi connectivity index (χ3n) is 2.10. The van der Waals surface area contributed by atoms with Crippen molar-refractivity contribution in [2.24, 2.45) is 5.41 Å². The van der Waals surface area contributed by atoms with Gasteiger partial charge in [-0.3, -0.25) is 9.59 Å². The number of Topliss-reactive ketones (excluding diaryl/α,β-unsaturated/α-hetero) is 1. The number of rotatable bonds is 4. The van der Waals surface area contributed by atoms with Crippen molar-refractivity contribution in [3.63, 3.8) is 0 Å². The molecular weight excluding hydrogens is 238 g/mol. The van der Waals surface area contributed by atoms with E-state index in [1.807, 2.05) is 0 Å². The summed E-state index contributed by atoms with van der Waals surface area (Å²) in [6.45, 7) is 7.84. The third-order valence-corrected chi connectivity index (χ3v) is 2.10. The first-order valence-electron chi connectivity index (χ1n) is 5.49. The Morgan fingerprint density at radius 3 is 1.72 bits per heavy atom. The van der Waals surface area contributed by atoms with Crippen molar-refractivity contribution in [1.29, 1.82) is 0 Å². The van der Waals surface area contributed by atoms with Crippen molar-refractivity contribution in [2.45, 2.75) is 46.6 Å². The average molecular weight is 261 g/mol. The first kappa shape index (κ1) is 18.9. The van der Waals surface area contributed by atoms with Crippen molar-refractivity contribution in [2.75, 3.05) is 7.11 Å². The molecule has 0 unspecified atom stereocenters. The summed E-state index contributed by atoms with van der Waals surface area (Å²) in [6, 6.07) is 0. The van der Waals surface area contributed by atoms with Crippen LogP contribution >= 0.6 is 0 Å². The van der Waals surface area contributed by atoms with Gasteiger partial charge in [0.1, 0.15) is 5.54 Å². The van der Waals surface area contributed by atoms with Gasteiger partial charge in [0.05, 0.1) is 12.5 Å². The Balaban J connectivity index is 0. The number of carbonyl (C=O) groups excluding carboxylic acids is 3. The van der Waals surface area contributed by atoms with Crippen LogP contribution in [0.1, 0.15) is 41.0 Å². The zero-order chi connectivity index (χ0) is 15.1. The number of hydrogen-bond donors (Lipinski definition) is 1. The average Bonchev–Trinajstić information content (AvgIpc) is 2.13. The van der Waals surface area contributed by atoms with Gasteiger partial charge in [0.15, 0.2) is 5.78 Å². The van der Waals surface area contributed by atoms with E-state index >= 15 is 0 Å². The topological polar surface area (TPSA) is 111 Å². The fourth-order valence-corrected chi connectivity index (χ4v) is 0.989. The van der Waals surface area contributed by atoms with Gasteiger partial charge >= 0.3 is 5.97 Å². The normalized spacial score (nSPS) is 11.1. The first-order chi connectivity index (χ1) is 7.84. The molecule has 18 heavy (non-hydrogen) atoms. The number of aliphatic carboxylic acids is 1. The molecule has 0 rings (SSSR count). The molecule has 0 amide bonds. The highest BCUT2D eigenvalue weighted by Crippen LogP contribution is 2.24. The second-order valence-corrected chi connectivity index (χ2v) is 5.35. The summed E-state index contributed by atoms with van der Waals surface area (Å²) in [5.74, 6) is -1.48. The Hall–Kier alpha value is -1.43. The molecule has 0 aliphatic carbocycles. The Labute approximate surface area is 107 Å². The summed E-state index contributed by atoms with van der Waals surface area (Å²) in [6.07, 6.45) is 0.163. The van der Waals surface area contributed by atoms with Gasteiger partial charge in [0, 0.05) is 12.4 Å². The number of ether oxygens (including phenoxy) is 1. The highest BCUT2D eigenvalue weighted by atomic mass is 16.5. The van der Waals surface area contributed by atoms with Crippen LogP contribution in [0.4, 0.5) is 0 Å². The van der Waals surface area contributed by atoms with Crippen LogP contribution < -0.4 is 10.8 Å². The van der Waals surface area contributed by atoms with Gasteiger partial charge in [0.2, 0.25) is 0 Å². The lowest BCUT2D eigenvalue weighted by atomic mass is 9.82. The molecule has 0 saturated heterocycles. The van der Waals surface area contributed by atoms with Gasteiger partial charge in [-0.05, 0) is 34.6 Å². The summed E-state index contributed by atoms with van der Waals surface area (Å²) in [5, 5.41) is 8.89. The number of methoxy groups -OCH3 is 1. The molecule has 0 saturated carbocycles. The summed E-state index contributed by atoms with van der Waals surface area (Å²) < 4.78 is 4.62. The van der Waals surface area contributed by atoms with Crippen LogP contribution in [0, 0.1) is 5.41 Å². The van der Waals surface area contributed by atoms with Gasteiger partial charge in [-0.2, -0.15) is 0 Å². The summed E-state index contributed by atoms with van der Waals surface area (Å²) >= 11 is 0. The lowest BCUT2D eigenvalue weighted by Gasteiger charge is -2.23. The Bertz CT molecular complexity index is 311. The summed E-state index contributed by atoms with van der Waals surface area (Å²) in [4.78, 5) is 31.8. The molecule has 0 heterocycles. The maximum atomic E-state index is 11.6. The largest absolute Gasteiger partial charge is 0.550 e. The quantitative estimate of drug-likeness (QED) is 0.647. The SMILES string of the molecule is CC(=O)[O-].COC(=O)C(C)(C)CC(=O)C(C)(C)[NH3+]. The second-order valence-electron chi connectivity index (χ2n) is 5.35. The minimum atomic E-state index is -1.08. The van der Waals surface area contributed by atoms with E-state index in [9.17, 15) is 9.59 Å². The monoisotopic (exact) mass is 261 g/mol.